The van der Waals surface area contributed by atoms with E-state index in [1.165, 1.54) is 5.56 Å². The van der Waals surface area contributed by atoms with Gasteiger partial charge in [0, 0.05) is 10.6 Å². The molecule has 0 spiro atoms. The van der Waals surface area contributed by atoms with E-state index in [1.54, 1.807) is 17.0 Å². The Labute approximate surface area is 153 Å². The maximum absolute atomic E-state index is 5.96. The zero-order valence-electron chi connectivity index (χ0n) is 13.8. The van der Waals surface area contributed by atoms with Gasteiger partial charge < -0.3 is 0 Å². The first-order valence-corrected chi connectivity index (χ1v) is 8.49. The molecule has 5 rings (SSSR count). The summed E-state index contributed by atoms with van der Waals surface area (Å²) in [4.78, 5) is 9.22. The highest BCUT2D eigenvalue weighted by Crippen LogP contribution is 2.23. The summed E-state index contributed by atoms with van der Waals surface area (Å²) in [5.41, 5.74) is 4.50. The molecule has 0 saturated heterocycles. The molecule has 0 bridgehead atoms. The van der Waals surface area contributed by atoms with E-state index in [4.69, 9.17) is 11.6 Å². The summed E-state index contributed by atoms with van der Waals surface area (Å²) in [5.74, 6) is 0.624. The van der Waals surface area contributed by atoms with Crippen molar-refractivity contribution in [1.82, 2.24) is 29.4 Å². The lowest BCUT2D eigenvalue weighted by Gasteiger charge is -2.03. The summed E-state index contributed by atoms with van der Waals surface area (Å²) in [7, 11) is 0. The molecular weight excluding hydrogens is 348 g/mol. The molecule has 0 unspecified atom stereocenters. The second-order valence-electron chi connectivity index (χ2n) is 6.09. The number of halogens is 1. The van der Waals surface area contributed by atoms with Gasteiger partial charge in [0.2, 0.25) is 0 Å². The maximum atomic E-state index is 5.96. The Morgan fingerprint density at radius 1 is 1.00 bits per heavy atom. The predicted octanol–water partition coefficient (Wildman–Crippen LogP) is 4.09. The zero-order valence-corrected chi connectivity index (χ0v) is 14.6. The van der Waals surface area contributed by atoms with E-state index >= 15 is 0 Å². The molecule has 0 aliphatic carbocycles. The van der Waals surface area contributed by atoms with Gasteiger partial charge in [0.1, 0.15) is 6.33 Å². The van der Waals surface area contributed by atoms with Crippen molar-refractivity contribution in [2.24, 2.45) is 0 Å². The highest BCUT2D eigenvalue weighted by atomic mass is 35.5. The van der Waals surface area contributed by atoms with Crippen LogP contribution in [0.1, 0.15) is 5.56 Å². The molecule has 126 valence electrons. The Kier molecular flexibility index (Phi) is 3.26. The van der Waals surface area contributed by atoms with E-state index < -0.39 is 0 Å². The summed E-state index contributed by atoms with van der Waals surface area (Å²) < 4.78 is 3.49. The highest BCUT2D eigenvalue weighted by molar-refractivity contribution is 6.30. The van der Waals surface area contributed by atoms with Crippen molar-refractivity contribution >= 4 is 28.3 Å². The van der Waals surface area contributed by atoms with Gasteiger partial charge in [0.25, 0.3) is 0 Å². The van der Waals surface area contributed by atoms with Crippen molar-refractivity contribution in [1.29, 1.82) is 0 Å². The summed E-state index contributed by atoms with van der Waals surface area (Å²) in [6, 6.07) is 15.6. The normalized spacial score (nSPS) is 11.5. The van der Waals surface area contributed by atoms with Crippen LogP contribution in [0.25, 0.3) is 33.8 Å². The van der Waals surface area contributed by atoms with Crippen LogP contribution in [0.3, 0.4) is 0 Å². The van der Waals surface area contributed by atoms with E-state index in [0.717, 1.165) is 27.9 Å². The average molecular weight is 361 g/mol. The fourth-order valence-corrected chi connectivity index (χ4v) is 3.12. The highest BCUT2D eigenvalue weighted by Gasteiger charge is 2.14. The van der Waals surface area contributed by atoms with E-state index in [0.29, 0.717) is 10.8 Å². The first-order chi connectivity index (χ1) is 12.7. The number of benzene rings is 2. The van der Waals surface area contributed by atoms with Crippen LogP contribution >= 0.6 is 11.6 Å². The van der Waals surface area contributed by atoms with Gasteiger partial charge in [0.05, 0.1) is 17.3 Å². The minimum atomic E-state index is 0.624. The first-order valence-electron chi connectivity index (χ1n) is 8.11. The number of fused-ring (bicyclic) bond motifs is 3. The molecule has 0 aliphatic rings. The van der Waals surface area contributed by atoms with E-state index in [-0.39, 0.29) is 0 Å². The molecule has 6 nitrogen and oxygen atoms in total. The molecule has 0 radical (unpaired) electrons. The molecule has 0 amide bonds. The Hall–Kier alpha value is -3.25. The zero-order chi connectivity index (χ0) is 17.7. The number of hydrogen-bond donors (Lipinski definition) is 0. The van der Waals surface area contributed by atoms with Crippen molar-refractivity contribution < 1.29 is 0 Å². The van der Waals surface area contributed by atoms with Gasteiger partial charge in [-0.3, -0.25) is 0 Å². The van der Waals surface area contributed by atoms with Crippen LogP contribution in [-0.2, 0) is 0 Å². The number of hydrogen-bond acceptors (Lipinski definition) is 4. The van der Waals surface area contributed by atoms with Crippen molar-refractivity contribution in [3.8, 4) is 17.1 Å². The number of nitrogens with zero attached hydrogens (tertiary/aromatic N) is 6. The van der Waals surface area contributed by atoms with Gasteiger partial charge in [-0.2, -0.15) is 5.10 Å². The minimum Gasteiger partial charge on any atom is -0.216 e. The van der Waals surface area contributed by atoms with Crippen LogP contribution in [-0.4, -0.2) is 29.4 Å². The quantitative estimate of drug-likeness (QED) is 0.475. The lowest BCUT2D eigenvalue weighted by Crippen LogP contribution is -1.99. The molecule has 2 aromatic carbocycles. The lowest BCUT2D eigenvalue weighted by atomic mass is 10.2. The van der Waals surface area contributed by atoms with Gasteiger partial charge in [-0.15, -0.1) is 5.10 Å². The van der Waals surface area contributed by atoms with Gasteiger partial charge in [0.15, 0.2) is 17.1 Å². The predicted molar refractivity (Wildman–Crippen MR) is 101 cm³/mol. The van der Waals surface area contributed by atoms with Crippen LogP contribution in [0.4, 0.5) is 0 Å². The Morgan fingerprint density at radius 2 is 1.85 bits per heavy atom. The third-order valence-electron chi connectivity index (χ3n) is 4.25. The fourth-order valence-electron chi connectivity index (χ4n) is 2.99. The Bertz CT molecular complexity index is 1250. The van der Waals surface area contributed by atoms with Crippen LogP contribution < -0.4 is 0 Å². The summed E-state index contributed by atoms with van der Waals surface area (Å²) >= 11 is 5.96. The van der Waals surface area contributed by atoms with Crippen LogP contribution in [0.2, 0.25) is 5.02 Å². The Morgan fingerprint density at radius 3 is 2.65 bits per heavy atom. The van der Waals surface area contributed by atoms with E-state index in [9.17, 15) is 0 Å². The second kappa shape index (κ2) is 5.64. The van der Waals surface area contributed by atoms with Crippen molar-refractivity contribution in [3.05, 3.63) is 71.6 Å². The molecule has 5 aromatic rings. The van der Waals surface area contributed by atoms with Gasteiger partial charge in [-0.1, -0.05) is 23.7 Å². The minimum absolute atomic E-state index is 0.624. The number of aryl methyl sites for hydroxylation is 1. The molecule has 0 aliphatic heterocycles. The Balaban J connectivity index is 1.70. The second-order valence-corrected chi connectivity index (χ2v) is 6.52. The summed E-state index contributed by atoms with van der Waals surface area (Å²) in [6.45, 7) is 2.05. The molecule has 26 heavy (non-hydrogen) atoms. The van der Waals surface area contributed by atoms with Crippen molar-refractivity contribution in [3.63, 3.8) is 0 Å². The number of rotatable bonds is 2. The molecule has 3 aromatic heterocycles. The molecule has 7 heteroatoms. The SMILES string of the molecule is Cc1cccc(-n2ncc3c2ncn2nc(-c4ccc(Cl)cc4)nc32)c1. The van der Waals surface area contributed by atoms with Crippen molar-refractivity contribution in [2.45, 2.75) is 6.92 Å². The lowest BCUT2D eigenvalue weighted by molar-refractivity contribution is 0.881. The molecule has 0 saturated carbocycles. The van der Waals surface area contributed by atoms with Gasteiger partial charge in [-0.05, 0) is 48.9 Å². The smallest absolute Gasteiger partial charge is 0.182 e. The molecule has 3 heterocycles. The molecule has 0 atom stereocenters. The first kappa shape index (κ1) is 15.0. The number of aromatic nitrogens is 6. The van der Waals surface area contributed by atoms with E-state index in [2.05, 4.69) is 39.2 Å². The largest absolute Gasteiger partial charge is 0.216 e. The van der Waals surface area contributed by atoms with Gasteiger partial charge in [-0.25, -0.2) is 19.2 Å². The van der Waals surface area contributed by atoms with Crippen LogP contribution in [0.5, 0.6) is 0 Å². The summed E-state index contributed by atoms with van der Waals surface area (Å²) in [6.07, 6.45) is 3.44. The van der Waals surface area contributed by atoms with Crippen LogP contribution in [0.15, 0.2) is 61.1 Å². The molecule has 0 N–H and O–H groups in total. The molecule has 0 fully saturated rings. The van der Waals surface area contributed by atoms with Crippen molar-refractivity contribution in [2.75, 3.05) is 0 Å². The third kappa shape index (κ3) is 2.34. The van der Waals surface area contributed by atoms with Crippen LogP contribution in [0, 0.1) is 6.92 Å². The average Bonchev–Trinajstić information content (AvgIpc) is 3.26. The summed E-state index contributed by atoms with van der Waals surface area (Å²) in [5, 5.41) is 10.6. The van der Waals surface area contributed by atoms with Gasteiger partial charge >= 0.3 is 0 Å². The fraction of sp³-hybridized carbons (Fsp3) is 0.0526. The maximum Gasteiger partial charge on any atom is 0.182 e. The monoisotopic (exact) mass is 360 g/mol. The topological polar surface area (TPSA) is 60.9 Å². The molecular formula is C19H13ClN6. The van der Waals surface area contributed by atoms with E-state index in [1.807, 2.05) is 41.1 Å². The third-order valence-corrected chi connectivity index (χ3v) is 4.51. The standard InChI is InChI=1S/C19H13ClN6/c1-12-3-2-4-15(9-12)26-18-16(10-22-26)19-23-17(24-25(19)11-21-18)13-5-7-14(20)8-6-13/h2-11H,1H3.